The fourth-order valence-corrected chi connectivity index (χ4v) is 1.55. The van der Waals surface area contributed by atoms with Crippen molar-refractivity contribution in [1.29, 1.82) is 0 Å². The lowest BCUT2D eigenvalue weighted by Crippen LogP contribution is -1.91. The molecule has 0 aromatic heterocycles. The quantitative estimate of drug-likeness (QED) is 0.636. The summed E-state index contributed by atoms with van der Waals surface area (Å²) in [6.07, 6.45) is 9.97. The van der Waals surface area contributed by atoms with Crippen molar-refractivity contribution in [3.05, 3.63) is 34.9 Å². The highest BCUT2D eigenvalue weighted by Crippen LogP contribution is 2.11. The van der Waals surface area contributed by atoms with E-state index >= 15 is 0 Å². The van der Waals surface area contributed by atoms with E-state index in [9.17, 15) is 5.11 Å². The second-order valence-electron chi connectivity index (χ2n) is 4.61. The lowest BCUT2D eigenvalue weighted by atomic mass is 10.1. The standard InChI is InChI=1S/C15H26O2/c1-13(2)6-4-8-15(12-17)9-5-7-14(3)10-11-16/h6,9-10,16-17H,4-5,7-8,11-12H2,1-3H3. The van der Waals surface area contributed by atoms with E-state index in [4.69, 9.17) is 5.11 Å². The van der Waals surface area contributed by atoms with Crippen LogP contribution in [0.5, 0.6) is 0 Å². The first kappa shape index (κ1) is 16.1. The molecule has 0 saturated heterocycles. The summed E-state index contributed by atoms with van der Waals surface area (Å²) < 4.78 is 0. The van der Waals surface area contributed by atoms with E-state index < -0.39 is 0 Å². The van der Waals surface area contributed by atoms with Crippen LogP contribution in [-0.2, 0) is 0 Å². The predicted octanol–water partition coefficient (Wildman–Crippen LogP) is 3.37. The van der Waals surface area contributed by atoms with E-state index in [0.717, 1.165) is 31.3 Å². The van der Waals surface area contributed by atoms with Crippen molar-refractivity contribution < 1.29 is 10.2 Å². The van der Waals surface area contributed by atoms with Crippen LogP contribution in [-0.4, -0.2) is 23.4 Å². The van der Waals surface area contributed by atoms with Crippen molar-refractivity contribution in [2.45, 2.75) is 46.5 Å². The molecule has 0 aliphatic heterocycles. The molecular formula is C15H26O2. The van der Waals surface area contributed by atoms with Crippen LogP contribution in [0.25, 0.3) is 0 Å². The number of allylic oxidation sites excluding steroid dienone is 4. The Morgan fingerprint density at radius 1 is 0.882 bits per heavy atom. The van der Waals surface area contributed by atoms with Crippen molar-refractivity contribution in [3.8, 4) is 0 Å². The largest absolute Gasteiger partial charge is 0.392 e. The van der Waals surface area contributed by atoms with Gasteiger partial charge in [-0.1, -0.05) is 29.4 Å². The third-order valence-corrected chi connectivity index (χ3v) is 2.63. The molecule has 2 N–H and O–H groups in total. The van der Waals surface area contributed by atoms with Gasteiger partial charge in [0, 0.05) is 0 Å². The molecule has 98 valence electrons. The molecule has 0 saturated carbocycles. The van der Waals surface area contributed by atoms with E-state index in [2.05, 4.69) is 26.0 Å². The van der Waals surface area contributed by atoms with Gasteiger partial charge in [0.05, 0.1) is 13.2 Å². The third kappa shape index (κ3) is 10.0. The van der Waals surface area contributed by atoms with E-state index in [1.54, 1.807) is 0 Å². The Kier molecular flexibility index (Phi) is 9.78. The summed E-state index contributed by atoms with van der Waals surface area (Å²) in [4.78, 5) is 0. The Balaban J connectivity index is 4.01. The summed E-state index contributed by atoms with van der Waals surface area (Å²) in [5.74, 6) is 0. The molecule has 0 unspecified atom stereocenters. The minimum atomic E-state index is 0.114. The monoisotopic (exact) mass is 238 g/mol. The third-order valence-electron chi connectivity index (χ3n) is 2.63. The van der Waals surface area contributed by atoms with Crippen LogP contribution < -0.4 is 0 Å². The number of hydrogen-bond acceptors (Lipinski definition) is 2. The van der Waals surface area contributed by atoms with Gasteiger partial charge in [0.15, 0.2) is 0 Å². The molecule has 0 bridgehead atoms. The summed E-state index contributed by atoms with van der Waals surface area (Å²) in [5, 5.41) is 17.9. The topological polar surface area (TPSA) is 40.5 Å². The average molecular weight is 238 g/mol. The average Bonchev–Trinajstić information content (AvgIpc) is 2.27. The molecule has 0 amide bonds. The minimum absolute atomic E-state index is 0.114. The van der Waals surface area contributed by atoms with Gasteiger partial charge in [-0.05, 0) is 52.0 Å². The fourth-order valence-electron chi connectivity index (χ4n) is 1.55. The Bertz CT molecular complexity index is 281. The van der Waals surface area contributed by atoms with Crippen LogP contribution in [0.2, 0.25) is 0 Å². The Labute approximate surface area is 105 Å². The van der Waals surface area contributed by atoms with Gasteiger partial charge in [-0.3, -0.25) is 0 Å². The smallest absolute Gasteiger partial charge is 0.0641 e. The van der Waals surface area contributed by atoms with Crippen LogP contribution in [0.15, 0.2) is 34.9 Å². The number of aliphatic hydroxyl groups excluding tert-OH is 2. The van der Waals surface area contributed by atoms with Gasteiger partial charge in [0.2, 0.25) is 0 Å². The SMILES string of the molecule is CC(C)=CCCC(=CCCC(C)=CCO)CO. The Hall–Kier alpha value is -0.860. The molecule has 0 rings (SSSR count). The Morgan fingerprint density at radius 3 is 2.06 bits per heavy atom. The molecular weight excluding hydrogens is 212 g/mol. The molecule has 0 aromatic rings. The zero-order valence-corrected chi connectivity index (χ0v) is 11.4. The maximum absolute atomic E-state index is 9.22. The van der Waals surface area contributed by atoms with E-state index in [1.165, 1.54) is 11.1 Å². The summed E-state index contributed by atoms with van der Waals surface area (Å²) in [7, 11) is 0. The second kappa shape index (κ2) is 10.3. The zero-order valence-electron chi connectivity index (χ0n) is 11.4. The van der Waals surface area contributed by atoms with E-state index in [0.29, 0.717) is 0 Å². The Morgan fingerprint density at radius 2 is 1.53 bits per heavy atom. The maximum atomic E-state index is 9.22. The van der Waals surface area contributed by atoms with Crippen molar-refractivity contribution >= 4 is 0 Å². The number of rotatable bonds is 8. The van der Waals surface area contributed by atoms with Crippen LogP contribution in [0.3, 0.4) is 0 Å². The molecule has 0 fully saturated rings. The molecule has 0 spiro atoms. The molecule has 0 atom stereocenters. The van der Waals surface area contributed by atoms with Crippen molar-refractivity contribution in [2.75, 3.05) is 13.2 Å². The lowest BCUT2D eigenvalue weighted by molar-refractivity contribution is 0.326. The predicted molar refractivity (Wildman–Crippen MR) is 73.9 cm³/mol. The highest BCUT2D eigenvalue weighted by molar-refractivity contribution is 5.07. The van der Waals surface area contributed by atoms with Gasteiger partial charge in [-0.2, -0.15) is 0 Å². The van der Waals surface area contributed by atoms with Gasteiger partial charge >= 0.3 is 0 Å². The zero-order chi connectivity index (χ0) is 13.1. The first-order valence-corrected chi connectivity index (χ1v) is 6.28. The normalized spacial score (nSPS) is 12.8. The van der Waals surface area contributed by atoms with Crippen molar-refractivity contribution in [3.63, 3.8) is 0 Å². The summed E-state index contributed by atoms with van der Waals surface area (Å²) in [6.45, 7) is 6.46. The van der Waals surface area contributed by atoms with E-state index in [-0.39, 0.29) is 13.2 Å². The number of hydrogen-bond donors (Lipinski definition) is 2. The highest BCUT2D eigenvalue weighted by Gasteiger charge is 1.95. The van der Waals surface area contributed by atoms with Gasteiger partial charge in [-0.15, -0.1) is 0 Å². The molecule has 2 nitrogen and oxygen atoms in total. The van der Waals surface area contributed by atoms with Gasteiger partial charge < -0.3 is 10.2 Å². The molecule has 0 radical (unpaired) electrons. The second-order valence-corrected chi connectivity index (χ2v) is 4.61. The summed E-state index contributed by atoms with van der Waals surface area (Å²) in [5.41, 5.74) is 3.63. The van der Waals surface area contributed by atoms with Gasteiger partial charge in [-0.25, -0.2) is 0 Å². The first-order valence-electron chi connectivity index (χ1n) is 6.28. The van der Waals surface area contributed by atoms with Crippen LogP contribution in [0, 0.1) is 0 Å². The number of aliphatic hydroxyl groups is 2. The molecule has 2 heteroatoms. The first-order chi connectivity index (χ1) is 8.10. The maximum Gasteiger partial charge on any atom is 0.0641 e. The van der Waals surface area contributed by atoms with Crippen LogP contribution >= 0.6 is 0 Å². The lowest BCUT2D eigenvalue weighted by Gasteiger charge is -2.03. The van der Waals surface area contributed by atoms with Crippen LogP contribution in [0.4, 0.5) is 0 Å². The van der Waals surface area contributed by atoms with Crippen molar-refractivity contribution in [2.24, 2.45) is 0 Å². The minimum Gasteiger partial charge on any atom is -0.392 e. The molecule has 17 heavy (non-hydrogen) atoms. The van der Waals surface area contributed by atoms with Gasteiger partial charge in [0.1, 0.15) is 0 Å². The van der Waals surface area contributed by atoms with Gasteiger partial charge in [0.25, 0.3) is 0 Å². The molecule has 0 aliphatic carbocycles. The summed E-state index contributed by atoms with van der Waals surface area (Å²) in [6, 6.07) is 0. The molecule has 0 heterocycles. The molecule has 0 aromatic carbocycles. The van der Waals surface area contributed by atoms with Crippen LogP contribution in [0.1, 0.15) is 46.5 Å². The van der Waals surface area contributed by atoms with Crippen molar-refractivity contribution in [1.82, 2.24) is 0 Å². The summed E-state index contributed by atoms with van der Waals surface area (Å²) >= 11 is 0. The molecule has 0 aliphatic rings. The fraction of sp³-hybridized carbons (Fsp3) is 0.600. The van der Waals surface area contributed by atoms with E-state index in [1.807, 2.05) is 13.0 Å². The highest BCUT2D eigenvalue weighted by atomic mass is 16.3.